The van der Waals surface area contributed by atoms with Crippen LogP contribution >= 0.6 is 0 Å². The van der Waals surface area contributed by atoms with Crippen LogP contribution < -0.4 is 5.32 Å². The molecule has 1 amide bonds. The molecule has 62 heavy (non-hydrogen) atoms. The Hall–Kier alpha value is -2.18. The Morgan fingerprint density at radius 3 is 1.37 bits per heavy atom. The predicted molar refractivity (Wildman–Crippen MR) is 269 cm³/mol. The third-order valence-electron chi connectivity index (χ3n) is 12.1. The topological polar surface area (TPSA) is 95.9 Å². The van der Waals surface area contributed by atoms with Crippen molar-refractivity contribution in [1.29, 1.82) is 0 Å². The van der Waals surface area contributed by atoms with Gasteiger partial charge in [-0.05, 0) is 83.5 Å². The molecule has 3 atom stereocenters. The van der Waals surface area contributed by atoms with Crippen LogP contribution in [0.5, 0.6) is 0 Å². The molecule has 0 aliphatic rings. The van der Waals surface area contributed by atoms with E-state index in [2.05, 4.69) is 74.7 Å². The Labute approximate surface area is 385 Å². The molecule has 362 valence electrons. The van der Waals surface area contributed by atoms with Crippen LogP contribution in [0.15, 0.2) is 48.6 Å². The molecule has 0 bridgehead atoms. The molecule has 0 saturated carbocycles. The van der Waals surface area contributed by atoms with E-state index in [1.54, 1.807) is 0 Å². The lowest BCUT2D eigenvalue weighted by molar-refractivity contribution is -0.151. The number of hydrogen-bond acceptors (Lipinski definition) is 5. The van der Waals surface area contributed by atoms with Crippen molar-refractivity contribution in [1.82, 2.24) is 5.32 Å². The summed E-state index contributed by atoms with van der Waals surface area (Å²) in [6, 6.07) is -0.710. The predicted octanol–water partition coefficient (Wildman–Crippen LogP) is 16.2. The van der Waals surface area contributed by atoms with Gasteiger partial charge in [-0.1, -0.05) is 223 Å². The van der Waals surface area contributed by atoms with Crippen molar-refractivity contribution in [3.63, 3.8) is 0 Å². The molecule has 0 rings (SSSR count). The molecule has 3 N–H and O–H groups in total. The van der Waals surface area contributed by atoms with Crippen LogP contribution in [-0.4, -0.2) is 46.9 Å². The van der Waals surface area contributed by atoms with Crippen LogP contribution in [-0.2, 0) is 14.3 Å². The highest BCUT2D eigenvalue weighted by Crippen LogP contribution is 2.18. The minimum Gasteiger partial charge on any atom is -0.462 e. The largest absolute Gasteiger partial charge is 0.462 e. The third kappa shape index (κ3) is 44.4. The lowest BCUT2D eigenvalue weighted by Gasteiger charge is -2.24. The minimum atomic E-state index is -0.795. The minimum absolute atomic E-state index is 0.0601. The molecule has 0 spiro atoms. The number of carbonyl (C=O) groups is 2. The SMILES string of the molecule is CC/C=C/C/C=C/C/C=C/CCCCCCC(CC(=O)NC(CO)C(O)CCCCCCCCCCCCCCCCCCC)OC(=O)CCCCCCC/C=C\CCCCC. The quantitative estimate of drug-likeness (QED) is 0.0322. The molecular formula is C56H103NO5. The van der Waals surface area contributed by atoms with Gasteiger partial charge in [0.2, 0.25) is 5.91 Å². The average molecular weight is 870 g/mol. The molecule has 0 saturated heterocycles. The molecular weight excluding hydrogens is 767 g/mol. The van der Waals surface area contributed by atoms with Gasteiger partial charge in [-0.15, -0.1) is 0 Å². The first-order valence-electron chi connectivity index (χ1n) is 26.9. The maximum Gasteiger partial charge on any atom is 0.306 e. The van der Waals surface area contributed by atoms with Gasteiger partial charge < -0.3 is 20.3 Å². The van der Waals surface area contributed by atoms with Crippen molar-refractivity contribution >= 4 is 11.9 Å². The number of hydrogen-bond donors (Lipinski definition) is 3. The first-order chi connectivity index (χ1) is 30.5. The zero-order valence-corrected chi connectivity index (χ0v) is 41.3. The van der Waals surface area contributed by atoms with E-state index >= 15 is 0 Å². The molecule has 0 aliphatic heterocycles. The zero-order chi connectivity index (χ0) is 45.2. The summed E-state index contributed by atoms with van der Waals surface area (Å²) in [7, 11) is 0. The summed E-state index contributed by atoms with van der Waals surface area (Å²) < 4.78 is 5.92. The molecule has 0 radical (unpaired) electrons. The molecule has 3 unspecified atom stereocenters. The molecule has 0 aromatic carbocycles. The fourth-order valence-corrected chi connectivity index (χ4v) is 8.09. The molecule has 6 heteroatoms. The maximum atomic E-state index is 13.2. The van der Waals surface area contributed by atoms with E-state index in [-0.39, 0.29) is 24.9 Å². The number of aliphatic hydroxyl groups excluding tert-OH is 2. The highest BCUT2D eigenvalue weighted by atomic mass is 16.5. The van der Waals surface area contributed by atoms with Gasteiger partial charge in [0.15, 0.2) is 0 Å². The van der Waals surface area contributed by atoms with Crippen LogP contribution in [0.25, 0.3) is 0 Å². The summed E-state index contributed by atoms with van der Waals surface area (Å²) >= 11 is 0. The average Bonchev–Trinajstić information content (AvgIpc) is 3.26. The van der Waals surface area contributed by atoms with Gasteiger partial charge in [0.05, 0.1) is 25.2 Å². The van der Waals surface area contributed by atoms with Gasteiger partial charge in [0.25, 0.3) is 0 Å². The molecule has 0 fully saturated rings. The van der Waals surface area contributed by atoms with Crippen LogP contribution in [0.2, 0.25) is 0 Å². The monoisotopic (exact) mass is 870 g/mol. The third-order valence-corrected chi connectivity index (χ3v) is 12.1. The maximum absolute atomic E-state index is 13.2. The highest BCUT2D eigenvalue weighted by Gasteiger charge is 2.24. The Morgan fingerprint density at radius 1 is 0.484 bits per heavy atom. The first-order valence-corrected chi connectivity index (χ1v) is 26.9. The fourth-order valence-electron chi connectivity index (χ4n) is 8.09. The molecule has 6 nitrogen and oxygen atoms in total. The molecule has 0 heterocycles. The summed E-state index contributed by atoms with van der Waals surface area (Å²) in [6.45, 7) is 6.36. The normalized spacial score (nSPS) is 13.6. The van der Waals surface area contributed by atoms with Crippen LogP contribution in [0.4, 0.5) is 0 Å². The van der Waals surface area contributed by atoms with E-state index in [9.17, 15) is 19.8 Å². The Morgan fingerprint density at radius 2 is 0.871 bits per heavy atom. The standard InChI is InChI=1S/C56H103NO5/c1-4-7-10-13-16-19-22-25-27-28-29-31-33-36-39-42-45-48-54(59)53(51-58)57-55(60)50-52(47-44-41-38-35-32-30-26-23-20-17-14-11-8-5-2)62-56(61)49-46-43-40-37-34-24-21-18-15-12-9-6-3/h8,11,17-18,20-21,26,30,52-54,58-59H,4-7,9-10,12-16,19,22-25,27-29,31-51H2,1-3H3,(H,57,60)/b11-8+,20-17+,21-18-,30-26+. The van der Waals surface area contributed by atoms with E-state index in [1.807, 2.05) is 0 Å². The van der Waals surface area contributed by atoms with Crippen molar-refractivity contribution < 1.29 is 24.5 Å². The van der Waals surface area contributed by atoms with E-state index in [0.717, 1.165) is 96.3 Å². The second kappa shape index (κ2) is 49.8. The summed E-state index contributed by atoms with van der Waals surface area (Å²) in [4.78, 5) is 26.1. The molecule has 0 aromatic heterocycles. The van der Waals surface area contributed by atoms with Crippen LogP contribution in [0, 0.1) is 0 Å². The van der Waals surface area contributed by atoms with Crippen molar-refractivity contribution in [3.05, 3.63) is 48.6 Å². The highest BCUT2D eigenvalue weighted by molar-refractivity contribution is 5.77. The second-order valence-corrected chi connectivity index (χ2v) is 18.2. The van der Waals surface area contributed by atoms with Gasteiger partial charge in [-0.3, -0.25) is 9.59 Å². The number of allylic oxidation sites excluding steroid dienone is 8. The smallest absolute Gasteiger partial charge is 0.306 e. The Balaban J connectivity index is 4.54. The summed E-state index contributed by atoms with van der Waals surface area (Å²) in [5.41, 5.74) is 0. The number of rotatable bonds is 48. The first kappa shape index (κ1) is 59.8. The van der Waals surface area contributed by atoms with E-state index in [1.165, 1.54) is 128 Å². The van der Waals surface area contributed by atoms with Crippen molar-refractivity contribution in [2.75, 3.05) is 6.61 Å². The van der Waals surface area contributed by atoms with E-state index < -0.39 is 18.2 Å². The number of amides is 1. The van der Waals surface area contributed by atoms with Gasteiger partial charge in [0.1, 0.15) is 6.10 Å². The second-order valence-electron chi connectivity index (χ2n) is 18.2. The summed E-state index contributed by atoms with van der Waals surface area (Å²) in [5.74, 6) is -0.501. The number of esters is 1. The summed E-state index contributed by atoms with van der Waals surface area (Å²) in [5, 5.41) is 23.8. The number of nitrogens with one attached hydrogen (secondary N) is 1. The van der Waals surface area contributed by atoms with Gasteiger partial charge in [-0.2, -0.15) is 0 Å². The molecule has 0 aromatic rings. The van der Waals surface area contributed by atoms with E-state index in [4.69, 9.17) is 4.74 Å². The van der Waals surface area contributed by atoms with Crippen LogP contribution in [0.1, 0.15) is 271 Å². The number of ether oxygens (including phenoxy) is 1. The number of aliphatic hydroxyl groups is 2. The molecule has 0 aliphatic carbocycles. The lowest BCUT2D eigenvalue weighted by Crippen LogP contribution is -2.46. The Bertz CT molecular complexity index is 1070. The lowest BCUT2D eigenvalue weighted by atomic mass is 10.0. The van der Waals surface area contributed by atoms with Crippen molar-refractivity contribution in [2.24, 2.45) is 0 Å². The van der Waals surface area contributed by atoms with Crippen molar-refractivity contribution in [3.8, 4) is 0 Å². The number of unbranched alkanes of at least 4 members (excludes halogenated alkanes) is 28. The number of carbonyl (C=O) groups excluding carboxylic acids is 2. The van der Waals surface area contributed by atoms with Gasteiger partial charge in [0, 0.05) is 6.42 Å². The van der Waals surface area contributed by atoms with E-state index in [0.29, 0.717) is 19.3 Å². The zero-order valence-electron chi connectivity index (χ0n) is 41.3. The van der Waals surface area contributed by atoms with Gasteiger partial charge >= 0.3 is 5.97 Å². The summed E-state index contributed by atoms with van der Waals surface area (Å²) in [6.07, 6.45) is 60.3. The fraction of sp³-hybridized carbons (Fsp3) is 0.821. The Kier molecular flexibility index (Phi) is 48.1. The van der Waals surface area contributed by atoms with Crippen molar-refractivity contribution in [2.45, 2.75) is 289 Å². The van der Waals surface area contributed by atoms with Crippen LogP contribution in [0.3, 0.4) is 0 Å². The van der Waals surface area contributed by atoms with Gasteiger partial charge in [-0.25, -0.2) is 0 Å².